The molecule has 0 fully saturated rings. The van der Waals surface area contributed by atoms with Crippen LogP contribution in [0.2, 0.25) is 0 Å². The van der Waals surface area contributed by atoms with E-state index >= 15 is 0 Å². The Morgan fingerprint density at radius 3 is 2.60 bits per heavy atom. The van der Waals surface area contributed by atoms with Crippen LogP contribution in [0.25, 0.3) is 0 Å². The smallest absolute Gasteiger partial charge is 0.304 e. The number of rotatable bonds is 6. The SMILES string of the molecule is C#CCCC(C#C)(CCC=C)OC(C)=O. The first-order valence-corrected chi connectivity index (χ1v) is 4.82. The van der Waals surface area contributed by atoms with Crippen LogP contribution in [-0.2, 0) is 9.53 Å². The fourth-order valence-electron chi connectivity index (χ4n) is 1.29. The van der Waals surface area contributed by atoms with Gasteiger partial charge in [-0.25, -0.2) is 0 Å². The largest absolute Gasteiger partial charge is 0.446 e. The van der Waals surface area contributed by atoms with Gasteiger partial charge in [0.25, 0.3) is 0 Å². The lowest BCUT2D eigenvalue weighted by atomic mass is 9.92. The molecule has 1 atom stereocenters. The summed E-state index contributed by atoms with van der Waals surface area (Å²) in [5, 5.41) is 0. The monoisotopic (exact) mass is 204 g/mol. The molecule has 80 valence electrons. The van der Waals surface area contributed by atoms with Crippen molar-refractivity contribution < 1.29 is 9.53 Å². The van der Waals surface area contributed by atoms with Gasteiger partial charge in [-0.15, -0.1) is 25.3 Å². The highest BCUT2D eigenvalue weighted by Gasteiger charge is 2.29. The minimum absolute atomic E-state index is 0.381. The summed E-state index contributed by atoms with van der Waals surface area (Å²) in [5.41, 5.74) is -0.869. The van der Waals surface area contributed by atoms with Crippen LogP contribution < -0.4 is 0 Å². The van der Waals surface area contributed by atoms with Crippen molar-refractivity contribution in [2.24, 2.45) is 0 Å². The maximum atomic E-state index is 10.9. The molecule has 0 radical (unpaired) electrons. The molecule has 0 aliphatic heterocycles. The van der Waals surface area contributed by atoms with Crippen molar-refractivity contribution in [2.45, 2.75) is 38.2 Å². The first kappa shape index (κ1) is 13.3. The highest BCUT2D eigenvalue weighted by Crippen LogP contribution is 2.24. The van der Waals surface area contributed by atoms with Crippen LogP contribution >= 0.6 is 0 Å². The molecule has 0 aromatic rings. The zero-order chi connectivity index (χ0) is 11.7. The van der Waals surface area contributed by atoms with E-state index in [1.165, 1.54) is 6.92 Å². The zero-order valence-electron chi connectivity index (χ0n) is 9.08. The molecule has 0 saturated heterocycles. The van der Waals surface area contributed by atoms with E-state index in [0.29, 0.717) is 25.7 Å². The standard InChI is InChI=1S/C13H16O2/c1-5-8-10-13(7-3,11-9-6-2)15-12(4)14/h1,3,6H,2,8-11H2,4H3. The Balaban J connectivity index is 4.61. The normalized spacial score (nSPS) is 13.0. The lowest BCUT2D eigenvalue weighted by Gasteiger charge is -2.26. The molecule has 0 aromatic heterocycles. The lowest BCUT2D eigenvalue weighted by Crippen LogP contribution is -2.32. The van der Waals surface area contributed by atoms with Gasteiger partial charge in [0.1, 0.15) is 0 Å². The highest BCUT2D eigenvalue weighted by atomic mass is 16.6. The van der Waals surface area contributed by atoms with E-state index in [4.69, 9.17) is 17.6 Å². The molecule has 0 spiro atoms. The summed E-state index contributed by atoms with van der Waals surface area (Å²) in [6.45, 7) is 4.95. The predicted octanol–water partition coefficient (Wildman–Crippen LogP) is 2.30. The Kier molecular flexibility index (Phi) is 5.99. The Morgan fingerprint density at radius 2 is 2.20 bits per heavy atom. The third-order valence-corrected chi connectivity index (χ3v) is 2.03. The molecule has 0 aliphatic rings. The molecule has 15 heavy (non-hydrogen) atoms. The van der Waals surface area contributed by atoms with Gasteiger partial charge in [-0.3, -0.25) is 4.79 Å². The summed E-state index contributed by atoms with van der Waals surface area (Å²) in [6.07, 6.45) is 14.6. The fourth-order valence-corrected chi connectivity index (χ4v) is 1.29. The van der Waals surface area contributed by atoms with Crippen molar-refractivity contribution in [3.63, 3.8) is 0 Å². The number of carbonyl (C=O) groups is 1. The molecular formula is C13H16O2. The zero-order valence-corrected chi connectivity index (χ0v) is 9.08. The van der Waals surface area contributed by atoms with E-state index in [0.717, 1.165) is 0 Å². The van der Waals surface area contributed by atoms with Crippen molar-refractivity contribution >= 4 is 5.97 Å². The third-order valence-electron chi connectivity index (χ3n) is 2.03. The minimum Gasteiger partial charge on any atom is -0.446 e. The highest BCUT2D eigenvalue weighted by molar-refractivity contribution is 5.67. The van der Waals surface area contributed by atoms with Crippen LogP contribution in [-0.4, -0.2) is 11.6 Å². The van der Waals surface area contributed by atoms with Crippen LogP contribution in [0.4, 0.5) is 0 Å². The van der Waals surface area contributed by atoms with Crippen molar-refractivity contribution in [2.75, 3.05) is 0 Å². The van der Waals surface area contributed by atoms with Crippen molar-refractivity contribution in [3.8, 4) is 24.7 Å². The van der Waals surface area contributed by atoms with Gasteiger partial charge in [-0.05, 0) is 6.42 Å². The van der Waals surface area contributed by atoms with Crippen LogP contribution in [0.1, 0.15) is 32.6 Å². The predicted molar refractivity (Wildman–Crippen MR) is 60.8 cm³/mol. The summed E-state index contributed by atoms with van der Waals surface area (Å²) in [5.74, 6) is 4.64. The van der Waals surface area contributed by atoms with E-state index in [1.807, 2.05) is 0 Å². The average Bonchev–Trinajstić information content (AvgIpc) is 2.22. The van der Waals surface area contributed by atoms with Gasteiger partial charge in [-0.1, -0.05) is 12.0 Å². The summed E-state index contributed by atoms with van der Waals surface area (Å²) >= 11 is 0. The number of carbonyl (C=O) groups excluding carboxylic acids is 1. The van der Waals surface area contributed by atoms with Crippen LogP contribution in [0.15, 0.2) is 12.7 Å². The number of esters is 1. The Bertz CT molecular complexity index is 303. The van der Waals surface area contributed by atoms with Crippen LogP contribution in [0.3, 0.4) is 0 Å². The Labute approximate surface area is 91.7 Å². The van der Waals surface area contributed by atoms with Crippen molar-refractivity contribution in [1.82, 2.24) is 0 Å². The molecule has 0 heterocycles. The van der Waals surface area contributed by atoms with Crippen LogP contribution in [0, 0.1) is 24.7 Å². The number of allylic oxidation sites excluding steroid dienone is 1. The summed E-state index contributed by atoms with van der Waals surface area (Å²) in [7, 11) is 0. The van der Waals surface area contributed by atoms with Crippen molar-refractivity contribution in [3.05, 3.63) is 12.7 Å². The van der Waals surface area contributed by atoms with Gasteiger partial charge in [-0.2, -0.15) is 0 Å². The van der Waals surface area contributed by atoms with Gasteiger partial charge in [0, 0.05) is 26.2 Å². The van der Waals surface area contributed by atoms with E-state index in [2.05, 4.69) is 18.4 Å². The maximum Gasteiger partial charge on any atom is 0.304 e. The van der Waals surface area contributed by atoms with E-state index in [1.54, 1.807) is 6.08 Å². The molecule has 0 amide bonds. The quantitative estimate of drug-likeness (QED) is 0.377. The van der Waals surface area contributed by atoms with Gasteiger partial charge in [0.05, 0.1) is 0 Å². The first-order chi connectivity index (χ1) is 7.10. The molecule has 0 N–H and O–H groups in total. The summed E-state index contributed by atoms with van der Waals surface area (Å²) in [4.78, 5) is 10.9. The minimum atomic E-state index is -0.869. The van der Waals surface area contributed by atoms with Gasteiger partial charge < -0.3 is 4.74 Å². The summed E-state index contributed by atoms with van der Waals surface area (Å²) in [6, 6.07) is 0. The summed E-state index contributed by atoms with van der Waals surface area (Å²) < 4.78 is 5.17. The molecule has 1 unspecified atom stereocenters. The molecule has 0 bridgehead atoms. The maximum absolute atomic E-state index is 10.9. The second-order valence-electron chi connectivity index (χ2n) is 3.26. The van der Waals surface area contributed by atoms with E-state index in [-0.39, 0.29) is 5.97 Å². The number of ether oxygens (including phenoxy) is 1. The molecule has 0 aromatic carbocycles. The van der Waals surface area contributed by atoms with Gasteiger partial charge in [0.2, 0.25) is 0 Å². The molecular weight excluding hydrogens is 188 g/mol. The third kappa shape index (κ3) is 4.93. The molecule has 0 rings (SSSR count). The molecule has 2 heteroatoms. The number of terminal acetylenes is 2. The van der Waals surface area contributed by atoms with Gasteiger partial charge >= 0.3 is 5.97 Å². The van der Waals surface area contributed by atoms with Gasteiger partial charge in [0.15, 0.2) is 5.60 Å². The molecule has 0 saturated carbocycles. The molecule has 0 aliphatic carbocycles. The van der Waals surface area contributed by atoms with E-state index in [9.17, 15) is 4.79 Å². The fraction of sp³-hybridized carbons (Fsp3) is 0.462. The van der Waals surface area contributed by atoms with E-state index < -0.39 is 5.60 Å². The first-order valence-electron chi connectivity index (χ1n) is 4.82. The topological polar surface area (TPSA) is 26.3 Å². The number of hydrogen-bond donors (Lipinski definition) is 0. The van der Waals surface area contributed by atoms with Crippen LogP contribution in [0.5, 0.6) is 0 Å². The Hall–Kier alpha value is -1.67. The second-order valence-corrected chi connectivity index (χ2v) is 3.26. The number of hydrogen-bond acceptors (Lipinski definition) is 2. The Morgan fingerprint density at radius 1 is 1.53 bits per heavy atom. The molecule has 2 nitrogen and oxygen atoms in total. The van der Waals surface area contributed by atoms with Crippen molar-refractivity contribution in [1.29, 1.82) is 0 Å². The lowest BCUT2D eigenvalue weighted by molar-refractivity contribution is -0.152. The second kappa shape index (κ2) is 6.74. The average molecular weight is 204 g/mol.